The number of benzene rings is 3. The Morgan fingerprint density at radius 2 is 1.43 bits per heavy atom. The number of hydrogen-bond donors (Lipinski definition) is 0. The topological polar surface area (TPSA) is 30.9 Å². The summed E-state index contributed by atoms with van der Waals surface area (Å²) in [4.78, 5) is 5.99. The third-order valence-corrected chi connectivity index (χ3v) is 5.08. The van der Waals surface area contributed by atoms with E-state index in [-0.39, 0.29) is 0 Å². The SMILES string of the molecule is CCN1CC=C(c2cc(C)c(OCc3ccccc3)cc2OCc2ccccc2)O1. The average molecular weight is 402 g/mol. The standard InChI is InChI=1S/C26H27NO3/c1-3-27-15-14-24(30-27)23-16-20(2)25(28-18-21-10-6-4-7-11-21)17-26(23)29-19-22-12-8-5-9-13-22/h4-14,16-17H,3,15,18-19H2,1-2H3. The van der Waals surface area contributed by atoms with Gasteiger partial charge in [-0.2, -0.15) is 0 Å². The second-order valence-corrected chi connectivity index (χ2v) is 7.30. The molecule has 4 nitrogen and oxygen atoms in total. The molecule has 0 spiro atoms. The van der Waals surface area contributed by atoms with Crippen molar-refractivity contribution in [2.24, 2.45) is 0 Å². The summed E-state index contributed by atoms with van der Waals surface area (Å²) in [7, 11) is 0. The van der Waals surface area contributed by atoms with Gasteiger partial charge in [-0.1, -0.05) is 60.7 Å². The van der Waals surface area contributed by atoms with E-state index in [9.17, 15) is 0 Å². The minimum atomic E-state index is 0.486. The Bertz CT molecular complexity index is 1000. The zero-order chi connectivity index (χ0) is 20.8. The minimum Gasteiger partial charge on any atom is -0.488 e. The Labute approximate surface area is 178 Å². The molecule has 1 heterocycles. The van der Waals surface area contributed by atoms with E-state index in [1.54, 1.807) is 0 Å². The number of ether oxygens (including phenoxy) is 2. The molecule has 3 aromatic rings. The lowest BCUT2D eigenvalue weighted by Crippen LogP contribution is -2.17. The molecule has 0 amide bonds. The molecule has 0 aromatic heterocycles. The van der Waals surface area contributed by atoms with Crippen LogP contribution in [0.5, 0.6) is 11.5 Å². The van der Waals surface area contributed by atoms with Gasteiger partial charge in [0, 0.05) is 12.6 Å². The molecule has 1 aliphatic heterocycles. The normalized spacial score (nSPS) is 13.6. The van der Waals surface area contributed by atoms with Crippen LogP contribution in [0.3, 0.4) is 0 Å². The maximum atomic E-state index is 6.23. The van der Waals surface area contributed by atoms with Gasteiger partial charge < -0.3 is 14.3 Å². The summed E-state index contributed by atoms with van der Waals surface area (Å²) in [6, 6.07) is 24.4. The highest BCUT2D eigenvalue weighted by molar-refractivity contribution is 5.69. The molecule has 3 aromatic carbocycles. The first kappa shape index (κ1) is 20.0. The van der Waals surface area contributed by atoms with Gasteiger partial charge in [0.1, 0.15) is 24.7 Å². The summed E-state index contributed by atoms with van der Waals surface area (Å²) >= 11 is 0. The van der Waals surface area contributed by atoms with Gasteiger partial charge in [-0.05, 0) is 42.7 Å². The highest BCUT2D eigenvalue weighted by atomic mass is 16.7. The van der Waals surface area contributed by atoms with Crippen molar-refractivity contribution < 1.29 is 14.3 Å². The number of rotatable bonds is 8. The third kappa shape index (κ3) is 4.84. The average Bonchev–Trinajstić information content (AvgIpc) is 3.28. The van der Waals surface area contributed by atoms with E-state index < -0.39 is 0 Å². The lowest BCUT2D eigenvalue weighted by atomic mass is 10.1. The molecule has 0 bridgehead atoms. The molecule has 0 saturated carbocycles. The van der Waals surface area contributed by atoms with Crippen molar-refractivity contribution in [3.05, 3.63) is 101 Å². The van der Waals surface area contributed by atoms with E-state index in [1.807, 2.05) is 47.5 Å². The second-order valence-electron chi connectivity index (χ2n) is 7.30. The summed E-state index contributed by atoms with van der Waals surface area (Å²) < 4.78 is 12.4. The van der Waals surface area contributed by atoms with Gasteiger partial charge in [-0.15, -0.1) is 5.06 Å². The first-order chi connectivity index (χ1) is 14.7. The molecular weight excluding hydrogens is 374 g/mol. The van der Waals surface area contributed by atoms with Crippen molar-refractivity contribution >= 4 is 5.76 Å². The van der Waals surface area contributed by atoms with Crippen LogP contribution < -0.4 is 9.47 Å². The van der Waals surface area contributed by atoms with Crippen LogP contribution in [0.15, 0.2) is 78.9 Å². The molecule has 4 heteroatoms. The van der Waals surface area contributed by atoms with Crippen molar-refractivity contribution in [2.45, 2.75) is 27.1 Å². The molecule has 154 valence electrons. The van der Waals surface area contributed by atoms with Crippen LogP contribution in [0.25, 0.3) is 5.76 Å². The Morgan fingerprint density at radius 1 is 0.833 bits per heavy atom. The lowest BCUT2D eigenvalue weighted by molar-refractivity contribution is -0.0561. The largest absolute Gasteiger partial charge is 0.488 e. The van der Waals surface area contributed by atoms with E-state index >= 15 is 0 Å². The van der Waals surface area contributed by atoms with Crippen LogP contribution in [-0.4, -0.2) is 18.2 Å². The Balaban J connectivity index is 1.59. The first-order valence-corrected chi connectivity index (χ1v) is 10.3. The zero-order valence-corrected chi connectivity index (χ0v) is 17.5. The number of hydrogen-bond acceptors (Lipinski definition) is 4. The van der Waals surface area contributed by atoms with Gasteiger partial charge in [0.05, 0.1) is 12.1 Å². The van der Waals surface area contributed by atoms with Crippen molar-refractivity contribution in [2.75, 3.05) is 13.1 Å². The molecule has 4 rings (SSSR count). The predicted octanol–water partition coefficient (Wildman–Crippen LogP) is 5.76. The van der Waals surface area contributed by atoms with E-state index in [0.29, 0.717) is 13.2 Å². The monoisotopic (exact) mass is 401 g/mol. The molecule has 0 radical (unpaired) electrons. The molecule has 0 atom stereocenters. The molecule has 30 heavy (non-hydrogen) atoms. The zero-order valence-electron chi connectivity index (χ0n) is 17.5. The fourth-order valence-electron chi connectivity index (χ4n) is 3.36. The Hall–Kier alpha value is -3.24. The lowest BCUT2D eigenvalue weighted by Gasteiger charge is -2.19. The maximum absolute atomic E-state index is 6.23. The number of likely N-dealkylation sites (N-methyl/N-ethyl adjacent to an activating group) is 1. The van der Waals surface area contributed by atoms with E-state index in [0.717, 1.165) is 52.6 Å². The van der Waals surface area contributed by atoms with Gasteiger partial charge in [0.2, 0.25) is 0 Å². The minimum absolute atomic E-state index is 0.486. The number of aryl methyl sites for hydroxylation is 1. The summed E-state index contributed by atoms with van der Waals surface area (Å²) in [5.74, 6) is 2.41. The van der Waals surface area contributed by atoms with Crippen LogP contribution >= 0.6 is 0 Å². The molecule has 0 saturated heterocycles. The highest BCUT2D eigenvalue weighted by Gasteiger charge is 2.21. The van der Waals surface area contributed by atoms with Crippen molar-refractivity contribution in [1.29, 1.82) is 0 Å². The molecule has 0 N–H and O–H groups in total. The molecular formula is C26H27NO3. The Kier molecular flexibility index (Phi) is 6.35. The van der Waals surface area contributed by atoms with Crippen LogP contribution in [0.4, 0.5) is 0 Å². The predicted molar refractivity (Wildman–Crippen MR) is 119 cm³/mol. The van der Waals surface area contributed by atoms with Crippen LogP contribution in [0.1, 0.15) is 29.2 Å². The summed E-state index contributed by atoms with van der Waals surface area (Å²) in [5.41, 5.74) is 4.25. The fourth-order valence-corrected chi connectivity index (χ4v) is 3.36. The van der Waals surface area contributed by atoms with Gasteiger partial charge in [-0.3, -0.25) is 0 Å². The van der Waals surface area contributed by atoms with Crippen molar-refractivity contribution in [1.82, 2.24) is 5.06 Å². The van der Waals surface area contributed by atoms with Gasteiger partial charge in [-0.25, -0.2) is 0 Å². The molecule has 0 fully saturated rings. The number of nitrogens with zero attached hydrogens (tertiary/aromatic N) is 1. The van der Waals surface area contributed by atoms with Crippen molar-refractivity contribution in [3.63, 3.8) is 0 Å². The van der Waals surface area contributed by atoms with E-state index in [4.69, 9.17) is 14.3 Å². The molecule has 1 aliphatic rings. The highest BCUT2D eigenvalue weighted by Crippen LogP contribution is 2.36. The Morgan fingerprint density at radius 3 is 2.00 bits per heavy atom. The summed E-state index contributed by atoms with van der Waals surface area (Å²) in [6.45, 7) is 6.74. The fraction of sp³-hybridized carbons (Fsp3) is 0.231. The molecule has 0 unspecified atom stereocenters. The smallest absolute Gasteiger partial charge is 0.155 e. The van der Waals surface area contributed by atoms with Crippen LogP contribution in [0.2, 0.25) is 0 Å². The number of hydroxylamine groups is 2. The van der Waals surface area contributed by atoms with E-state index in [2.05, 4.69) is 50.3 Å². The summed E-state index contributed by atoms with van der Waals surface area (Å²) in [6.07, 6.45) is 2.10. The second kappa shape index (κ2) is 9.51. The van der Waals surface area contributed by atoms with Crippen molar-refractivity contribution in [3.8, 4) is 11.5 Å². The third-order valence-electron chi connectivity index (χ3n) is 5.08. The quantitative estimate of drug-likeness (QED) is 0.480. The maximum Gasteiger partial charge on any atom is 0.155 e. The van der Waals surface area contributed by atoms with Crippen LogP contribution in [-0.2, 0) is 18.1 Å². The van der Waals surface area contributed by atoms with Gasteiger partial charge >= 0.3 is 0 Å². The first-order valence-electron chi connectivity index (χ1n) is 10.3. The van der Waals surface area contributed by atoms with Crippen LogP contribution in [0, 0.1) is 6.92 Å². The van der Waals surface area contributed by atoms with Gasteiger partial charge in [0.15, 0.2) is 5.76 Å². The summed E-state index contributed by atoms with van der Waals surface area (Å²) in [5, 5.41) is 1.92. The molecule has 0 aliphatic carbocycles. The van der Waals surface area contributed by atoms with E-state index in [1.165, 1.54) is 0 Å². The van der Waals surface area contributed by atoms with Gasteiger partial charge in [0.25, 0.3) is 0 Å².